The second kappa shape index (κ2) is 8.99. The van der Waals surface area contributed by atoms with E-state index in [2.05, 4.69) is 0 Å². The van der Waals surface area contributed by atoms with Gasteiger partial charge < -0.3 is 0 Å². The molecule has 0 aliphatic heterocycles. The predicted molar refractivity (Wildman–Crippen MR) is 74.3 cm³/mol. The van der Waals surface area contributed by atoms with Crippen molar-refractivity contribution in [2.45, 2.75) is 19.6 Å². The Hall–Kier alpha value is -0.00364. The molecule has 0 saturated carbocycles. The van der Waals surface area contributed by atoms with E-state index in [1.807, 2.05) is 67.6 Å². The summed E-state index contributed by atoms with van der Waals surface area (Å²) in [4.78, 5) is 10.6. The van der Waals surface area contributed by atoms with E-state index in [1.165, 1.54) is 0 Å². The molecular weight excluding hydrogens is 251 g/mol. The molecule has 2 aromatic rings. The molecule has 2 rings (SSSR count). The maximum atomic E-state index is 5.33. The van der Waals surface area contributed by atoms with Crippen molar-refractivity contribution in [1.82, 2.24) is 0 Å². The molecular formula is C15H17KO2. The van der Waals surface area contributed by atoms with Crippen LogP contribution in [0.4, 0.5) is 0 Å². The van der Waals surface area contributed by atoms with Crippen LogP contribution in [0.25, 0.3) is 0 Å². The third kappa shape index (κ3) is 5.32. The zero-order valence-electron chi connectivity index (χ0n) is 9.87. The molecule has 0 fully saturated rings. The maximum absolute atomic E-state index is 5.33. The third-order valence-corrected chi connectivity index (χ3v) is 2.55. The zero-order chi connectivity index (χ0) is 11.9. The van der Waals surface area contributed by atoms with E-state index in [4.69, 9.17) is 9.78 Å². The first-order chi connectivity index (χ1) is 8.36. The van der Waals surface area contributed by atoms with Crippen molar-refractivity contribution >= 4 is 51.4 Å². The van der Waals surface area contributed by atoms with Gasteiger partial charge in [-0.15, -0.1) is 0 Å². The topological polar surface area (TPSA) is 18.5 Å². The molecule has 90 valence electrons. The van der Waals surface area contributed by atoms with Gasteiger partial charge in [0, 0.05) is 0 Å². The zero-order valence-corrected chi connectivity index (χ0v) is 9.87. The monoisotopic (exact) mass is 268 g/mol. The molecule has 0 N–H and O–H groups in total. The molecule has 0 heterocycles. The van der Waals surface area contributed by atoms with Gasteiger partial charge in [-0.25, -0.2) is 9.78 Å². The van der Waals surface area contributed by atoms with Gasteiger partial charge in [0.05, 0.1) is 0 Å². The van der Waals surface area contributed by atoms with Gasteiger partial charge in [-0.1, -0.05) is 60.7 Å². The fraction of sp³-hybridized carbons (Fsp3) is 0.200. The van der Waals surface area contributed by atoms with E-state index in [-0.39, 0.29) is 57.5 Å². The summed E-state index contributed by atoms with van der Waals surface area (Å²) in [6.07, 6.45) is -0.0556. The van der Waals surface area contributed by atoms with Crippen LogP contribution in [0, 0.1) is 0 Å². The van der Waals surface area contributed by atoms with Gasteiger partial charge in [0.2, 0.25) is 0 Å². The average Bonchev–Trinajstić information content (AvgIpc) is 2.41. The molecule has 1 unspecified atom stereocenters. The fourth-order valence-corrected chi connectivity index (χ4v) is 1.56. The SMILES string of the molecule is CC(OOCc1ccccc1)c1ccccc1.[KH]. The van der Waals surface area contributed by atoms with Crippen LogP contribution in [0.15, 0.2) is 60.7 Å². The first-order valence-electron chi connectivity index (χ1n) is 5.73. The van der Waals surface area contributed by atoms with Crippen LogP contribution in [-0.2, 0) is 16.4 Å². The van der Waals surface area contributed by atoms with Crippen LogP contribution in [0.1, 0.15) is 24.2 Å². The molecule has 18 heavy (non-hydrogen) atoms. The van der Waals surface area contributed by atoms with Crippen molar-refractivity contribution in [2.75, 3.05) is 0 Å². The number of hydrogen-bond donors (Lipinski definition) is 0. The van der Waals surface area contributed by atoms with Crippen LogP contribution < -0.4 is 0 Å². The van der Waals surface area contributed by atoms with Gasteiger partial charge in [0.25, 0.3) is 0 Å². The van der Waals surface area contributed by atoms with E-state index in [0.29, 0.717) is 6.61 Å². The van der Waals surface area contributed by atoms with Crippen LogP contribution >= 0.6 is 0 Å². The van der Waals surface area contributed by atoms with Gasteiger partial charge in [-0.3, -0.25) is 0 Å². The third-order valence-electron chi connectivity index (χ3n) is 2.55. The molecule has 3 heteroatoms. The van der Waals surface area contributed by atoms with E-state index in [1.54, 1.807) is 0 Å². The second-order valence-electron chi connectivity index (χ2n) is 3.90. The summed E-state index contributed by atoms with van der Waals surface area (Å²) in [5, 5.41) is 0. The summed E-state index contributed by atoms with van der Waals surface area (Å²) < 4.78 is 0. The molecule has 0 amide bonds. The Morgan fingerprint density at radius 2 is 1.44 bits per heavy atom. The standard InChI is InChI=1S/C15H16O2.K.H/c1-13(15-10-6-3-7-11-15)17-16-12-14-8-4-2-5-9-14;;/h2-11,13H,12H2,1H3;;. The van der Waals surface area contributed by atoms with E-state index in [0.717, 1.165) is 11.1 Å². The van der Waals surface area contributed by atoms with Gasteiger partial charge in [0.1, 0.15) is 12.7 Å². The molecule has 2 aromatic carbocycles. The molecule has 0 aromatic heterocycles. The van der Waals surface area contributed by atoms with Crippen LogP contribution in [0.5, 0.6) is 0 Å². The number of benzene rings is 2. The number of rotatable bonds is 5. The van der Waals surface area contributed by atoms with Crippen molar-refractivity contribution in [3.63, 3.8) is 0 Å². The number of hydrogen-bond acceptors (Lipinski definition) is 2. The summed E-state index contributed by atoms with van der Waals surface area (Å²) >= 11 is 0. The summed E-state index contributed by atoms with van der Waals surface area (Å²) in [5.74, 6) is 0. The Labute approximate surface area is 151 Å². The molecule has 0 radical (unpaired) electrons. The molecule has 0 aliphatic carbocycles. The van der Waals surface area contributed by atoms with Crippen molar-refractivity contribution in [3.05, 3.63) is 71.8 Å². The second-order valence-corrected chi connectivity index (χ2v) is 3.90. The summed E-state index contributed by atoms with van der Waals surface area (Å²) in [6.45, 7) is 2.44. The Kier molecular flexibility index (Phi) is 8.02. The molecule has 1 atom stereocenters. The Balaban J connectivity index is 0.00000162. The van der Waals surface area contributed by atoms with Crippen molar-refractivity contribution in [1.29, 1.82) is 0 Å². The van der Waals surface area contributed by atoms with Crippen molar-refractivity contribution < 1.29 is 9.78 Å². The van der Waals surface area contributed by atoms with Crippen LogP contribution in [0.2, 0.25) is 0 Å². The van der Waals surface area contributed by atoms with E-state index in [9.17, 15) is 0 Å². The van der Waals surface area contributed by atoms with Gasteiger partial charge in [0.15, 0.2) is 0 Å². The first kappa shape index (κ1) is 16.1. The molecule has 0 aliphatic rings. The molecule has 0 spiro atoms. The summed E-state index contributed by atoms with van der Waals surface area (Å²) in [5.41, 5.74) is 2.22. The first-order valence-corrected chi connectivity index (χ1v) is 5.73. The van der Waals surface area contributed by atoms with Gasteiger partial charge >= 0.3 is 51.4 Å². The van der Waals surface area contributed by atoms with Gasteiger partial charge in [-0.05, 0) is 18.1 Å². The molecule has 0 bridgehead atoms. The van der Waals surface area contributed by atoms with Gasteiger partial charge in [-0.2, -0.15) is 0 Å². The molecule has 2 nitrogen and oxygen atoms in total. The predicted octanol–water partition coefficient (Wildman–Crippen LogP) is 3.25. The van der Waals surface area contributed by atoms with Crippen LogP contribution in [-0.4, -0.2) is 51.4 Å². The summed E-state index contributed by atoms with van der Waals surface area (Å²) in [7, 11) is 0. The minimum absolute atomic E-state index is 0. The van der Waals surface area contributed by atoms with Crippen molar-refractivity contribution in [2.24, 2.45) is 0 Å². The Morgan fingerprint density at radius 3 is 2.06 bits per heavy atom. The molecule has 0 saturated heterocycles. The Morgan fingerprint density at radius 1 is 0.889 bits per heavy atom. The van der Waals surface area contributed by atoms with Crippen molar-refractivity contribution in [3.8, 4) is 0 Å². The Bertz CT molecular complexity index is 431. The average molecular weight is 268 g/mol. The fourth-order valence-electron chi connectivity index (χ4n) is 1.56. The summed E-state index contributed by atoms with van der Waals surface area (Å²) in [6, 6.07) is 20.0. The quantitative estimate of drug-likeness (QED) is 0.471. The van der Waals surface area contributed by atoms with Crippen LogP contribution in [0.3, 0.4) is 0 Å². The van der Waals surface area contributed by atoms with E-state index >= 15 is 0 Å². The minimum atomic E-state index is -0.0556. The normalized spacial score (nSPS) is 11.6. The van der Waals surface area contributed by atoms with E-state index < -0.39 is 0 Å².